The average Bonchev–Trinajstić information content (AvgIpc) is 2.92. The van der Waals surface area contributed by atoms with E-state index in [1.807, 2.05) is 31.3 Å². The highest BCUT2D eigenvalue weighted by molar-refractivity contribution is 5.79. The summed E-state index contributed by atoms with van der Waals surface area (Å²) in [6.07, 6.45) is -0.311. The molecule has 0 aromatic carbocycles. The zero-order valence-corrected chi connectivity index (χ0v) is 14.6. The van der Waals surface area contributed by atoms with Gasteiger partial charge < -0.3 is 14.8 Å². The van der Waals surface area contributed by atoms with E-state index in [4.69, 9.17) is 0 Å². The van der Waals surface area contributed by atoms with E-state index >= 15 is 0 Å². The van der Waals surface area contributed by atoms with Crippen LogP contribution in [0.2, 0.25) is 0 Å². The van der Waals surface area contributed by atoms with Crippen LogP contribution in [0.1, 0.15) is 31.4 Å². The van der Waals surface area contributed by atoms with E-state index in [1.165, 1.54) is 5.69 Å². The number of nitrogens with one attached hydrogen (secondary N) is 1. The zero-order valence-electron chi connectivity index (χ0n) is 14.6. The lowest BCUT2D eigenvalue weighted by Crippen LogP contribution is -2.41. The van der Waals surface area contributed by atoms with Gasteiger partial charge in [-0.3, -0.25) is 4.99 Å². The Bertz CT molecular complexity index is 542. The maximum atomic E-state index is 12.7. The summed E-state index contributed by atoms with van der Waals surface area (Å²) in [4.78, 5) is 6.30. The first-order valence-electron chi connectivity index (χ1n) is 8.40. The molecule has 0 bridgehead atoms. The molecule has 1 fully saturated rings. The van der Waals surface area contributed by atoms with Crippen molar-refractivity contribution in [3.05, 3.63) is 24.0 Å². The van der Waals surface area contributed by atoms with Crippen molar-refractivity contribution in [1.29, 1.82) is 0 Å². The van der Waals surface area contributed by atoms with Crippen LogP contribution in [0.15, 0.2) is 23.3 Å². The topological polar surface area (TPSA) is 32.6 Å². The van der Waals surface area contributed by atoms with E-state index < -0.39 is 12.1 Å². The van der Waals surface area contributed by atoms with Crippen molar-refractivity contribution in [2.24, 2.45) is 23.9 Å². The highest BCUT2D eigenvalue weighted by Crippen LogP contribution is 2.39. The maximum Gasteiger partial charge on any atom is 0.391 e. The third-order valence-corrected chi connectivity index (χ3v) is 4.88. The quantitative estimate of drug-likeness (QED) is 0.671. The van der Waals surface area contributed by atoms with Crippen LogP contribution in [0.25, 0.3) is 0 Å². The normalized spacial score (nSPS) is 22.5. The van der Waals surface area contributed by atoms with Crippen molar-refractivity contribution in [3.8, 4) is 0 Å². The molecule has 7 heteroatoms. The van der Waals surface area contributed by atoms with Gasteiger partial charge in [0.2, 0.25) is 0 Å². The Labute approximate surface area is 141 Å². The number of aliphatic imine (C=N–C) groups is 1. The van der Waals surface area contributed by atoms with Crippen molar-refractivity contribution in [3.63, 3.8) is 0 Å². The van der Waals surface area contributed by atoms with Gasteiger partial charge in [-0.2, -0.15) is 13.2 Å². The number of hydrogen-bond donors (Lipinski definition) is 1. The zero-order chi connectivity index (χ0) is 17.7. The fraction of sp³-hybridized carbons (Fsp3) is 0.706. The second-order valence-electron chi connectivity index (χ2n) is 6.65. The third-order valence-electron chi connectivity index (χ3n) is 4.88. The molecule has 4 nitrogen and oxygen atoms in total. The Morgan fingerprint density at radius 1 is 1.33 bits per heavy atom. The molecule has 0 unspecified atom stereocenters. The average molecular weight is 344 g/mol. The predicted molar refractivity (Wildman–Crippen MR) is 89.7 cm³/mol. The Morgan fingerprint density at radius 3 is 2.50 bits per heavy atom. The molecular weight excluding hydrogens is 317 g/mol. The molecule has 1 aliphatic rings. The number of hydrogen-bond acceptors (Lipinski definition) is 1. The second kappa shape index (κ2) is 7.94. The van der Waals surface area contributed by atoms with Crippen LogP contribution < -0.4 is 5.32 Å². The SMILES string of the molecule is CN=C(NCC1CCC(C(F)(F)F)CC1)N(C)Cc1cccn1C. The van der Waals surface area contributed by atoms with Gasteiger partial charge in [-0.05, 0) is 43.7 Å². The Morgan fingerprint density at radius 2 is 2.00 bits per heavy atom. The molecule has 1 aromatic heterocycles. The molecule has 1 saturated carbocycles. The molecule has 0 radical (unpaired) electrons. The van der Waals surface area contributed by atoms with Crippen LogP contribution in [-0.4, -0.2) is 42.2 Å². The summed E-state index contributed by atoms with van der Waals surface area (Å²) in [7, 11) is 5.69. The summed E-state index contributed by atoms with van der Waals surface area (Å²) in [5.41, 5.74) is 1.17. The largest absolute Gasteiger partial charge is 0.391 e. The van der Waals surface area contributed by atoms with Gasteiger partial charge in [0.1, 0.15) is 0 Å². The maximum absolute atomic E-state index is 12.7. The molecule has 0 atom stereocenters. The van der Waals surface area contributed by atoms with Crippen molar-refractivity contribution < 1.29 is 13.2 Å². The van der Waals surface area contributed by atoms with E-state index in [9.17, 15) is 13.2 Å². The van der Waals surface area contributed by atoms with Crippen LogP contribution in [0, 0.1) is 11.8 Å². The van der Waals surface area contributed by atoms with Crippen LogP contribution >= 0.6 is 0 Å². The van der Waals surface area contributed by atoms with Crippen LogP contribution in [0.3, 0.4) is 0 Å². The summed E-state index contributed by atoms with van der Waals surface area (Å²) >= 11 is 0. The molecule has 0 spiro atoms. The Kier molecular flexibility index (Phi) is 6.18. The van der Waals surface area contributed by atoms with Gasteiger partial charge in [0, 0.05) is 39.6 Å². The molecule has 0 amide bonds. The number of rotatable bonds is 4. The van der Waals surface area contributed by atoms with E-state index in [0.29, 0.717) is 19.4 Å². The van der Waals surface area contributed by atoms with E-state index in [2.05, 4.69) is 20.9 Å². The van der Waals surface area contributed by atoms with E-state index in [1.54, 1.807) is 7.05 Å². The minimum absolute atomic E-state index is 0.244. The van der Waals surface area contributed by atoms with E-state index in [0.717, 1.165) is 12.5 Å². The summed E-state index contributed by atoms with van der Waals surface area (Å²) in [6, 6.07) is 4.06. The molecule has 24 heavy (non-hydrogen) atoms. The van der Waals surface area contributed by atoms with Crippen molar-refractivity contribution in [2.45, 2.75) is 38.4 Å². The Hall–Kier alpha value is -1.66. The van der Waals surface area contributed by atoms with Crippen LogP contribution in [-0.2, 0) is 13.6 Å². The molecule has 1 aromatic rings. The number of alkyl halides is 3. The number of aromatic nitrogens is 1. The third kappa shape index (κ3) is 4.92. The lowest BCUT2D eigenvalue weighted by atomic mass is 9.81. The van der Waals surface area contributed by atoms with Gasteiger partial charge in [-0.15, -0.1) is 0 Å². The molecule has 0 aliphatic heterocycles. The highest BCUT2D eigenvalue weighted by Gasteiger charge is 2.41. The fourth-order valence-electron chi connectivity index (χ4n) is 3.29. The number of aryl methyl sites for hydroxylation is 1. The molecule has 2 rings (SSSR count). The number of nitrogens with zero attached hydrogens (tertiary/aromatic N) is 3. The lowest BCUT2D eigenvalue weighted by Gasteiger charge is -2.31. The summed E-state index contributed by atoms with van der Waals surface area (Å²) in [5, 5.41) is 3.31. The first-order chi connectivity index (χ1) is 11.3. The Balaban J connectivity index is 1.79. The molecule has 1 N–H and O–H groups in total. The minimum Gasteiger partial charge on any atom is -0.356 e. The summed E-state index contributed by atoms with van der Waals surface area (Å²) < 4.78 is 40.2. The summed E-state index contributed by atoms with van der Waals surface area (Å²) in [5.74, 6) is -0.0639. The molecule has 1 aliphatic carbocycles. The van der Waals surface area contributed by atoms with Gasteiger partial charge in [-0.1, -0.05) is 0 Å². The van der Waals surface area contributed by atoms with Crippen LogP contribution in [0.4, 0.5) is 13.2 Å². The van der Waals surface area contributed by atoms with Gasteiger partial charge in [-0.25, -0.2) is 0 Å². The number of halogens is 3. The molecule has 136 valence electrons. The molecule has 1 heterocycles. The first kappa shape index (κ1) is 18.7. The van der Waals surface area contributed by atoms with E-state index in [-0.39, 0.29) is 18.8 Å². The standard InChI is InChI=1S/C17H27F3N4/c1-21-16(24(3)12-15-5-4-10-23(15)2)22-11-13-6-8-14(9-7-13)17(18,19)20/h4-5,10,13-14H,6-9,11-12H2,1-3H3,(H,21,22). The first-order valence-corrected chi connectivity index (χ1v) is 8.40. The molecule has 0 saturated heterocycles. The smallest absolute Gasteiger partial charge is 0.356 e. The van der Waals surface area contributed by atoms with Crippen molar-refractivity contribution in [1.82, 2.24) is 14.8 Å². The van der Waals surface area contributed by atoms with Gasteiger partial charge in [0.25, 0.3) is 0 Å². The highest BCUT2D eigenvalue weighted by atomic mass is 19.4. The van der Waals surface area contributed by atoms with Gasteiger partial charge in [0.05, 0.1) is 12.5 Å². The van der Waals surface area contributed by atoms with Gasteiger partial charge >= 0.3 is 6.18 Å². The monoisotopic (exact) mass is 344 g/mol. The second-order valence-corrected chi connectivity index (χ2v) is 6.65. The fourth-order valence-corrected chi connectivity index (χ4v) is 3.29. The summed E-state index contributed by atoms with van der Waals surface area (Å²) in [6.45, 7) is 1.40. The molecular formula is C17H27F3N4. The van der Waals surface area contributed by atoms with Crippen LogP contribution in [0.5, 0.6) is 0 Å². The minimum atomic E-state index is -4.04. The number of guanidine groups is 1. The lowest BCUT2D eigenvalue weighted by molar-refractivity contribution is -0.183. The van der Waals surface area contributed by atoms with Crippen molar-refractivity contribution in [2.75, 3.05) is 20.6 Å². The predicted octanol–water partition coefficient (Wildman–Crippen LogP) is 3.40. The van der Waals surface area contributed by atoms with Crippen molar-refractivity contribution >= 4 is 5.96 Å². The van der Waals surface area contributed by atoms with Gasteiger partial charge in [0.15, 0.2) is 5.96 Å².